The van der Waals surface area contributed by atoms with Gasteiger partial charge in [0.1, 0.15) is 24.9 Å². The van der Waals surface area contributed by atoms with Crippen molar-refractivity contribution in [3.05, 3.63) is 87.9 Å². The molecule has 0 aliphatic carbocycles. The lowest BCUT2D eigenvalue weighted by Gasteiger charge is -2.37. The zero-order chi connectivity index (χ0) is 21.7. The van der Waals surface area contributed by atoms with Crippen LogP contribution in [0.3, 0.4) is 0 Å². The largest absolute Gasteiger partial charge is 0.463 e. The van der Waals surface area contributed by atoms with Crippen LogP contribution in [-0.2, 0) is 30.2 Å². The number of carbonyl (C=O) groups excluding carboxylic acids is 2. The summed E-state index contributed by atoms with van der Waals surface area (Å²) in [6.45, 7) is 0.978. The fourth-order valence-electron chi connectivity index (χ4n) is 4.25. The Morgan fingerprint density at radius 1 is 1.03 bits per heavy atom. The highest BCUT2D eigenvalue weighted by Gasteiger charge is 2.53. The summed E-state index contributed by atoms with van der Waals surface area (Å²) in [6, 6.07) is 17.7. The minimum atomic E-state index is -0.847. The highest BCUT2D eigenvalue weighted by Crippen LogP contribution is 2.47. The van der Waals surface area contributed by atoms with Gasteiger partial charge in [0, 0.05) is 21.3 Å². The standard InChI is InChI=1S/C24H22BrNO5/c25-21-9-5-4-6-17(21)12-23(26-18-7-2-1-3-8-18)24-11-10-22(31-24)19(13-29-15-27)20(24)14-30-16-28/h1-11,15-16,22-23,26H,12-14H2. The van der Waals surface area contributed by atoms with Crippen molar-refractivity contribution in [2.75, 3.05) is 18.5 Å². The molecule has 0 amide bonds. The molecule has 2 heterocycles. The van der Waals surface area contributed by atoms with Crippen molar-refractivity contribution in [1.82, 2.24) is 0 Å². The number of carbonyl (C=O) groups is 2. The van der Waals surface area contributed by atoms with Crippen molar-refractivity contribution in [3.8, 4) is 0 Å². The minimum Gasteiger partial charge on any atom is -0.463 e. The summed E-state index contributed by atoms with van der Waals surface area (Å²) in [5, 5.41) is 3.61. The summed E-state index contributed by atoms with van der Waals surface area (Å²) in [7, 11) is 0. The van der Waals surface area contributed by atoms with E-state index in [1.165, 1.54) is 0 Å². The molecule has 0 radical (unpaired) electrons. The summed E-state index contributed by atoms with van der Waals surface area (Å²) in [4.78, 5) is 21.8. The molecule has 4 rings (SSSR count). The van der Waals surface area contributed by atoms with Gasteiger partial charge in [-0.05, 0) is 36.3 Å². The van der Waals surface area contributed by atoms with Crippen LogP contribution in [0.1, 0.15) is 5.56 Å². The van der Waals surface area contributed by atoms with E-state index in [1.807, 2.05) is 60.7 Å². The molecule has 0 saturated carbocycles. The molecular weight excluding hydrogens is 462 g/mol. The van der Waals surface area contributed by atoms with Crippen LogP contribution in [0, 0.1) is 0 Å². The second-order valence-electron chi connectivity index (χ2n) is 7.37. The van der Waals surface area contributed by atoms with Gasteiger partial charge < -0.3 is 19.5 Å². The summed E-state index contributed by atoms with van der Waals surface area (Å²) < 4.78 is 17.7. The molecular formula is C24H22BrNO5. The summed E-state index contributed by atoms with van der Waals surface area (Å²) in [5.74, 6) is 0. The first-order valence-electron chi connectivity index (χ1n) is 9.93. The fourth-order valence-corrected chi connectivity index (χ4v) is 4.70. The molecule has 2 aliphatic heterocycles. The molecule has 2 aliphatic rings. The molecule has 2 aromatic rings. The van der Waals surface area contributed by atoms with Gasteiger partial charge in [0.2, 0.25) is 0 Å². The molecule has 2 bridgehead atoms. The van der Waals surface area contributed by atoms with Crippen LogP contribution in [0.5, 0.6) is 0 Å². The van der Waals surface area contributed by atoms with Crippen molar-refractivity contribution >= 4 is 34.6 Å². The van der Waals surface area contributed by atoms with Gasteiger partial charge in [-0.25, -0.2) is 0 Å². The monoisotopic (exact) mass is 483 g/mol. The molecule has 0 fully saturated rings. The number of halogens is 1. The second-order valence-corrected chi connectivity index (χ2v) is 8.22. The van der Waals surface area contributed by atoms with Gasteiger partial charge in [-0.1, -0.05) is 58.4 Å². The Morgan fingerprint density at radius 3 is 2.48 bits per heavy atom. The second kappa shape index (κ2) is 9.49. The molecule has 1 N–H and O–H groups in total. The lowest BCUT2D eigenvalue weighted by atomic mass is 9.79. The van der Waals surface area contributed by atoms with Crippen molar-refractivity contribution < 1.29 is 23.8 Å². The van der Waals surface area contributed by atoms with E-state index in [9.17, 15) is 9.59 Å². The van der Waals surface area contributed by atoms with E-state index in [4.69, 9.17) is 14.2 Å². The smallest absolute Gasteiger partial charge is 0.293 e. The van der Waals surface area contributed by atoms with E-state index in [0.717, 1.165) is 26.9 Å². The van der Waals surface area contributed by atoms with Crippen LogP contribution in [0.15, 0.2) is 82.4 Å². The lowest BCUT2D eigenvalue weighted by molar-refractivity contribution is -0.129. The normalized spacial score (nSPS) is 22.3. The molecule has 160 valence electrons. The van der Waals surface area contributed by atoms with E-state index in [2.05, 4.69) is 27.3 Å². The van der Waals surface area contributed by atoms with Gasteiger partial charge >= 0.3 is 0 Å². The Hall–Kier alpha value is -2.90. The maximum absolute atomic E-state index is 11.0. The van der Waals surface area contributed by atoms with Crippen molar-refractivity contribution in [1.29, 1.82) is 0 Å². The molecule has 31 heavy (non-hydrogen) atoms. The number of hydrogen-bond donors (Lipinski definition) is 1. The van der Waals surface area contributed by atoms with Crippen LogP contribution >= 0.6 is 15.9 Å². The Morgan fingerprint density at radius 2 is 1.74 bits per heavy atom. The third kappa shape index (κ3) is 4.29. The summed E-state index contributed by atoms with van der Waals surface area (Å²) in [5.41, 5.74) is 2.82. The highest BCUT2D eigenvalue weighted by atomic mass is 79.9. The SMILES string of the molecule is O=COCC1=C(COC=O)C2(C(Cc3ccccc3Br)Nc3ccccc3)C=CC1O2. The van der Waals surface area contributed by atoms with E-state index in [0.29, 0.717) is 19.4 Å². The molecule has 0 saturated heterocycles. The maximum Gasteiger partial charge on any atom is 0.293 e. The van der Waals surface area contributed by atoms with Crippen LogP contribution in [0.25, 0.3) is 0 Å². The average Bonchev–Trinajstić information content (AvgIpc) is 3.36. The molecule has 7 heteroatoms. The molecule has 3 unspecified atom stereocenters. The van der Waals surface area contributed by atoms with Crippen molar-refractivity contribution in [3.63, 3.8) is 0 Å². The zero-order valence-electron chi connectivity index (χ0n) is 16.7. The number of hydrogen-bond acceptors (Lipinski definition) is 6. The van der Waals surface area contributed by atoms with Gasteiger partial charge in [0.15, 0.2) is 0 Å². The first kappa shape index (κ1) is 21.3. The number of para-hydroxylation sites is 1. The highest BCUT2D eigenvalue weighted by molar-refractivity contribution is 9.10. The summed E-state index contributed by atoms with van der Waals surface area (Å²) >= 11 is 3.64. The Labute approximate surface area is 189 Å². The van der Waals surface area contributed by atoms with Gasteiger partial charge in [-0.15, -0.1) is 0 Å². The van der Waals surface area contributed by atoms with Crippen LogP contribution in [-0.4, -0.2) is 43.9 Å². The predicted molar refractivity (Wildman–Crippen MR) is 120 cm³/mol. The Kier molecular flexibility index (Phi) is 6.53. The van der Waals surface area contributed by atoms with Gasteiger partial charge in [0.25, 0.3) is 12.9 Å². The third-order valence-electron chi connectivity index (χ3n) is 5.66. The first-order valence-corrected chi connectivity index (χ1v) is 10.7. The quantitative estimate of drug-likeness (QED) is 0.386. The number of anilines is 1. The van der Waals surface area contributed by atoms with Gasteiger partial charge in [-0.2, -0.15) is 0 Å². The first-order chi connectivity index (χ1) is 15.2. The van der Waals surface area contributed by atoms with E-state index in [-0.39, 0.29) is 25.4 Å². The molecule has 2 aromatic carbocycles. The number of ether oxygens (including phenoxy) is 3. The Balaban J connectivity index is 1.75. The molecule has 3 atom stereocenters. The molecule has 6 nitrogen and oxygen atoms in total. The topological polar surface area (TPSA) is 73.9 Å². The van der Waals surface area contributed by atoms with Crippen molar-refractivity contribution in [2.24, 2.45) is 0 Å². The van der Waals surface area contributed by atoms with Crippen LogP contribution in [0.2, 0.25) is 0 Å². The summed E-state index contributed by atoms with van der Waals surface area (Å²) in [6.07, 6.45) is 4.29. The van der Waals surface area contributed by atoms with Gasteiger partial charge in [0.05, 0.1) is 6.04 Å². The maximum atomic E-state index is 11.0. The lowest BCUT2D eigenvalue weighted by Crippen LogP contribution is -2.48. The van der Waals surface area contributed by atoms with Crippen molar-refractivity contribution in [2.45, 2.75) is 24.2 Å². The minimum absolute atomic E-state index is 0.0603. The third-order valence-corrected chi connectivity index (χ3v) is 6.43. The molecule has 0 aromatic heterocycles. The predicted octanol–water partition coefficient (Wildman–Crippen LogP) is 3.82. The Bertz CT molecular complexity index is 1010. The van der Waals surface area contributed by atoms with E-state index >= 15 is 0 Å². The van der Waals surface area contributed by atoms with Crippen LogP contribution < -0.4 is 5.32 Å². The zero-order valence-corrected chi connectivity index (χ0v) is 18.3. The average molecular weight is 484 g/mol. The number of fused-ring (bicyclic) bond motifs is 2. The van der Waals surface area contributed by atoms with Crippen LogP contribution in [0.4, 0.5) is 5.69 Å². The number of rotatable bonds is 11. The van der Waals surface area contributed by atoms with Gasteiger partial charge in [-0.3, -0.25) is 9.59 Å². The van der Waals surface area contributed by atoms with E-state index in [1.54, 1.807) is 0 Å². The number of benzene rings is 2. The fraction of sp³-hybridized carbons (Fsp3) is 0.250. The molecule has 0 spiro atoms. The number of nitrogens with one attached hydrogen (secondary N) is 1. The van der Waals surface area contributed by atoms with E-state index < -0.39 is 5.60 Å².